The van der Waals surface area contributed by atoms with Crippen molar-refractivity contribution in [1.29, 1.82) is 0 Å². The van der Waals surface area contributed by atoms with Gasteiger partial charge in [0.25, 0.3) is 5.91 Å². The minimum Gasteiger partial charge on any atom is -0.360 e. The Bertz CT molecular complexity index is 922. The van der Waals surface area contributed by atoms with Gasteiger partial charge in [0.2, 0.25) is 5.91 Å². The molecule has 0 unspecified atom stereocenters. The van der Waals surface area contributed by atoms with Crippen molar-refractivity contribution in [3.05, 3.63) is 50.5 Å². The highest BCUT2D eigenvalue weighted by Gasteiger charge is 2.33. The van der Waals surface area contributed by atoms with Crippen LogP contribution in [0.15, 0.2) is 33.7 Å². The molecule has 1 aromatic heterocycles. The van der Waals surface area contributed by atoms with E-state index in [9.17, 15) is 9.59 Å². The summed E-state index contributed by atoms with van der Waals surface area (Å²) in [5, 5.41) is 7.05. The highest BCUT2D eigenvalue weighted by Crippen LogP contribution is 2.35. The maximum Gasteiger partial charge on any atom is 0.266 e. The van der Waals surface area contributed by atoms with Crippen molar-refractivity contribution in [2.45, 2.75) is 6.92 Å². The number of halogens is 2. The van der Waals surface area contributed by atoms with Crippen molar-refractivity contribution in [1.82, 2.24) is 10.1 Å². The lowest BCUT2D eigenvalue weighted by Gasteiger charge is -2.13. The second kappa shape index (κ2) is 7.79. The summed E-state index contributed by atoms with van der Waals surface area (Å²) >= 11 is 18.6. The number of rotatable bonds is 4. The van der Waals surface area contributed by atoms with Gasteiger partial charge in [0.1, 0.15) is 16.6 Å². The Morgan fingerprint density at radius 2 is 2.12 bits per heavy atom. The summed E-state index contributed by atoms with van der Waals surface area (Å²) in [6.45, 7) is 1.47. The molecule has 1 saturated heterocycles. The van der Waals surface area contributed by atoms with Crippen LogP contribution < -0.4 is 5.32 Å². The van der Waals surface area contributed by atoms with E-state index in [1.807, 2.05) is 0 Å². The first-order valence-electron chi connectivity index (χ1n) is 7.27. The molecule has 3 rings (SSSR count). The van der Waals surface area contributed by atoms with E-state index in [-0.39, 0.29) is 22.6 Å². The molecule has 134 valence electrons. The van der Waals surface area contributed by atoms with Gasteiger partial charge < -0.3 is 9.84 Å². The molecule has 2 heterocycles. The van der Waals surface area contributed by atoms with Gasteiger partial charge in [-0.05, 0) is 25.1 Å². The van der Waals surface area contributed by atoms with Crippen molar-refractivity contribution in [2.75, 3.05) is 11.9 Å². The molecule has 0 saturated carbocycles. The number of carbonyl (C=O) groups is 2. The molecule has 26 heavy (non-hydrogen) atoms. The number of carbonyl (C=O) groups excluding carboxylic acids is 2. The van der Waals surface area contributed by atoms with E-state index in [2.05, 4.69) is 10.5 Å². The molecule has 0 radical (unpaired) electrons. The number of aromatic nitrogens is 1. The Kier molecular flexibility index (Phi) is 5.67. The van der Waals surface area contributed by atoms with Gasteiger partial charge >= 0.3 is 0 Å². The molecule has 10 heteroatoms. The number of amides is 2. The van der Waals surface area contributed by atoms with Crippen LogP contribution >= 0.6 is 47.2 Å². The molecule has 0 bridgehead atoms. The number of hydrogen-bond donors (Lipinski definition) is 1. The van der Waals surface area contributed by atoms with E-state index in [4.69, 9.17) is 39.9 Å². The molecule has 1 aliphatic heterocycles. The molecule has 2 aromatic rings. The number of nitrogens with zero attached hydrogens (tertiary/aromatic N) is 2. The van der Waals surface area contributed by atoms with Gasteiger partial charge in [-0.25, -0.2) is 0 Å². The molecule has 6 nitrogen and oxygen atoms in total. The number of benzene rings is 1. The van der Waals surface area contributed by atoms with Crippen LogP contribution in [0.2, 0.25) is 10.0 Å². The summed E-state index contributed by atoms with van der Waals surface area (Å²) in [4.78, 5) is 26.3. The maximum absolute atomic E-state index is 12.6. The largest absolute Gasteiger partial charge is 0.360 e. The molecule has 1 aliphatic rings. The second-order valence-corrected chi connectivity index (χ2v) is 7.76. The van der Waals surface area contributed by atoms with E-state index in [0.717, 1.165) is 11.8 Å². The molecule has 0 aliphatic carbocycles. The third kappa shape index (κ3) is 4.09. The lowest BCUT2D eigenvalue weighted by Crippen LogP contribution is -2.36. The SMILES string of the molecule is Cc1cc(NC(=O)CN2C(=O)C(=Cc3c(Cl)cccc3Cl)SC2=S)no1. The van der Waals surface area contributed by atoms with Crippen LogP contribution in [0.4, 0.5) is 5.82 Å². The summed E-state index contributed by atoms with van der Waals surface area (Å²) in [6, 6.07) is 6.63. The van der Waals surface area contributed by atoms with Gasteiger partial charge in [-0.15, -0.1) is 0 Å². The quantitative estimate of drug-likeness (QED) is 0.583. The van der Waals surface area contributed by atoms with Gasteiger partial charge in [-0.3, -0.25) is 14.5 Å². The van der Waals surface area contributed by atoms with E-state index in [0.29, 0.717) is 26.3 Å². The van der Waals surface area contributed by atoms with Crippen molar-refractivity contribution < 1.29 is 14.1 Å². The fourth-order valence-corrected chi connectivity index (χ4v) is 3.91. The van der Waals surface area contributed by atoms with Crippen LogP contribution in [0, 0.1) is 6.92 Å². The van der Waals surface area contributed by atoms with Crippen molar-refractivity contribution >= 4 is 75.2 Å². The summed E-state index contributed by atoms with van der Waals surface area (Å²) in [5.41, 5.74) is 0.527. The number of thiocarbonyl (C=S) groups is 1. The third-order valence-electron chi connectivity index (χ3n) is 3.35. The average Bonchev–Trinajstić information content (AvgIpc) is 3.09. The number of hydrogen-bond acceptors (Lipinski definition) is 6. The zero-order valence-corrected chi connectivity index (χ0v) is 16.4. The molecular formula is C16H11Cl2N3O3S2. The first-order valence-corrected chi connectivity index (χ1v) is 9.26. The van der Waals surface area contributed by atoms with E-state index in [1.165, 1.54) is 4.90 Å². The van der Waals surface area contributed by atoms with Crippen molar-refractivity contribution in [3.63, 3.8) is 0 Å². The molecule has 1 aromatic carbocycles. The van der Waals surface area contributed by atoms with Crippen LogP contribution in [-0.4, -0.2) is 32.7 Å². The molecule has 1 fully saturated rings. The summed E-state index contributed by atoms with van der Waals surface area (Å²) in [6.07, 6.45) is 1.57. The van der Waals surface area contributed by atoms with Gasteiger partial charge in [-0.1, -0.05) is 58.4 Å². The first-order chi connectivity index (χ1) is 12.3. The van der Waals surface area contributed by atoms with Gasteiger partial charge in [0.05, 0.1) is 4.91 Å². The smallest absolute Gasteiger partial charge is 0.266 e. The Balaban J connectivity index is 1.74. The fraction of sp³-hybridized carbons (Fsp3) is 0.125. The van der Waals surface area contributed by atoms with Crippen LogP contribution in [0.3, 0.4) is 0 Å². The Morgan fingerprint density at radius 3 is 2.73 bits per heavy atom. The molecule has 0 spiro atoms. The second-order valence-electron chi connectivity index (χ2n) is 5.27. The van der Waals surface area contributed by atoms with E-state index >= 15 is 0 Å². The third-order valence-corrected chi connectivity index (χ3v) is 5.38. The van der Waals surface area contributed by atoms with E-state index < -0.39 is 5.91 Å². The lowest BCUT2D eigenvalue weighted by molar-refractivity contribution is -0.126. The Hall–Kier alpha value is -1.87. The van der Waals surface area contributed by atoms with Gasteiger partial charge in [0.15, 0.2) is 5.82 Å². The number of aryl methyl sites for hydroxylation is 1. The summed E-state index contributed by atoms with van der Waals surface area (Å²) in [5.74, 6) is 0.0101. The van der Waals surface area contributed by atoms with Crippen LogP contribution in [0.1, 0.15) is 11.3 Å². The molecule has 2 amide bonds. The number of nitrogens with one attached hydrogen (secondary N) is 1. The maximum atomic E-state index is 12.6. The highest BCUT2D eigenvalue weighted by atomic mass is 35.5. The predicted octanol–water partition coefficient (Wildman–Crippen LogP) is 4.13. The zero-order valence-electron chi connectivity index (χ0n) is 13.3. The van der Waals surface area contributed by atoms with Crippen molar-refractivity contribution in [3.8, 4) is 0 Å². The van der Waals surface area contributed by atoms with E-state index in [1.54, 1.807) is 37.3 Å². The Morgan fingerprint density at radius 1 is 1.42 bits per heavy atom. The normalized spacial score (nSPS) is 15.8. The number of anilines is 1. The summed E-state index contributed by atoms with van der Waals surface area (Å²) in [7, 11) is 0. The molecule has 1 N–H and O–H groups in total. The fourth-order valence-electron chi connectivity index (χ4n) is 2.17. The summed E-state index contributed by atoms with van der Waals surface area (Å²) < 4.78 is 5.15. The highest BCUT2D eigenvalue weighted by molar-refractivity contribution is 8.26. The molecule has 0 atom stereocenters. The molecular weight excluding hydrogens is 417 g/mol. The first kappa shape index (κ1) is 18.9. The topological polar surface area (TPSA) is 75.4 Å². The van der Waals surface area contributed by atoms with Crippen LogP contribution in [0.5, 0.6) is 0 Å². The standard InChI is InChI=1S/C16H11Cl2N3O3S2/c1-8-5-13(20-24-8)19-14(22)7-21-15(23)12(26-16(21)25)6-9-10(17)3-2-4-11(9)18/h2-6H,7H2,1H3,(H,19,20,22). The zero-order chi connectivity index (χ0) is 18.8. The van der Waals surface area contributed by atoms with Crippen LogP contribution in [-0.2, 0) is 9.59 Å². The number of thioether (sulfide) groups is 1. The minimum atomic E-state index is -0.438. The lowest BCUT2D eigenvalue weighted by atomic mass is 10.2. The van der Waals surface area contributed by atoms with Gasteiger partial charge in [0, 0.05) is 21.7 Å². The monoisotopic (exact) mass is 427 g/mol. The van der Waals surface area contributed by atoms with Gasteiger partial charge in [-0.2, -0.15) is 0 Å². The van der Waals surface area contributed by atoms with Crippen LogP contribution in [0.25, 0.3) is 6.08 Å². The predicted molar refractivity (Wildman–Crippen MR) is 106 cm³/mol. The average molecular weight is 428 g/mol. The Labute approximate surface area is 168 Å². The minimum absolute atomic E-state index is 0.232. The van der Waals surface area contributed by atoms with Crippen molar-refractivity contribution in [2.24, 2.45) is 0 Å².